The van der Waals surface area contributed by atoms with E-state index in [-0.39, 0.29) is 0 Å². The number of nitrogens with zero attached hydrogens (tertiary/aromatic N) is 2. The van der Waals surface area contributed by atoms with E-state index in [0.717, 1.165) is 17.7 Å². The van der Waals surface area contributed by atoms with Crippen molar-refractivity contribution in [3.63, 3.8) is 0 Å². The number of aryl methyl sites for hydroxylation is 4. The van der Waals surface area contributed by atoms with Gasteiger partial charge in [0, 0.05) is 37.5 Å². The van der Waals surface area contributed by atoms with Crippen LogP contribution in [0.25, 0.3) is 10.9 Å². The minimum atomic E-state index is -0.936. The van der Waals surface area contributed by atoms with E-state index < -0.39 is 6.29 Å². The Balaban J connectivity index is 1.83. The first-order chi connectivity index (χ1) is 13.5. The molecule has 4 nitrogen and oxygen atoms in total. The van der Waals surface area contributed by atoms with Gasteiger partial charge in [-0.3, -0.25) is 0 Å². The van der Waals surface area contributed by atoms with E-state index in [1.54, 1.807) is 6.92 Å². The van der Waals surface area contributed by atoms with E-state index in [4.69, 9.17) is 4.84 Å². The molecule has 1 heterocycles. The first kappa shape index (κ1) is 18.8. The van der Waals surface area contributed by atoms with Crippen molar-refractivity contribution in [1.82, 2.24) is 4.57 Å². The maximum atomic E-state index is 9.61. The van der Waals surface area contributed by atoms with Crippen molar-refractivity contribution in [3.05, 3.63) is 70.4 Å². The summed E-state index contributed by atoms with van der Waals surface area (Å²) in [7, 11) is 2.11. The van der Waals surface area contributed by atoms with Crippen LogP contribution < -0.4 is 0 Å². The van der Waals surface area contributed by atoms with Crippen molar-refractivity contribution < 1.29 is 9.94 Å². The molecule has 1 N–H and O–H groups in total. The molecule has 0 fully saturated rings. The average molecular weight is 377 g/mol. The molecule has 0 saturated heterocycles. The summed E-state index contributed by atoms with van der Waals surface area (Å²) < 4.78 is 2.23. The summed E-state index contributed by atoms with van der Waals surface area (Å²) in [6.45, 7) is 3.69. The van der Waals surface area contributed by atoms with Gasteiger partial charge in [0.05, 0.1) is 11.2 Å². The maximum absolute atomic E-state index is 9.61. The van der Waals surface area contributed by atoms with Crippen molar-refractivity contribution in [2.75, 3.05) is 0 Å². The van der Waals surface area contributed by atoms with E-state index in [9.17, 15) is 5.11 Å². The number of oxime groups is 1. The van der Waals surface area contributed by atoms with Crippen LogP contribution in [0.15, 0.2) is 47.8 Å². The van der Waals surface area contributed by atoms with Crippen LogP contribution in [0.4, 0.5) is 0 Å². The molecule has 1 aliphatic carbocycles. The molecule has 1 aliphatic rings. The molecule has 1 aromatic heterocycles. The smallest absolute Gasteiger partial charge is 0.221 e. The van der Waals surface area contributed by atoms with Crippen LogP contribution >= 0.6 is 0 Å². The number of hydrogen-bond donors (Lipinski definition) is 1. The predicted molar refractivity (Wildman–Crippen MR) is 114 cm³/mol. The van der Waals surface area contributed by atoms with Gasteiger partial charge in [-0.05, 0) is 54.9 Å². The van der Waals surface area contributed by atoms with Crippen LogP contribution in [0.2, 0.25) is 0 Å². The lowest BCUT2D eigenvalue weighted by molar-refractivity contribution is -0.0837. The second-order valence-electron chi connectivity index (χ2n) is 7.81. The lowest BCUT2D eigenvalue weighted by Gasteiger charge is -2.17. The quantitative estimate of drug-likeness (QED) is 0.400. The SMILES string of the molecule is Cc1ccccc1C/C(=N\OC(C)O)c1cn(C)c2c3c(ccc12)CCCC3. The van der Waals surface area contributed by atoms with Gasteiger partial charge in [-0.15, -0.1) is 0 Å². The zero-order valence-corrected chi connectivity index (χ0v) is 16.9. The lowest BCUT2D eigenvalue weighted by atomic mass is 9.89. The number of fused-ring (bicyclic) bond motifs is 3. The molecular weight excluding hydrogens is 348 g/mol. The predicted octanol–water partition coefficient (Wildman–Crippen LogP) is 4.67. The van der Waals surface area contributed by atoms with Crippen LogP contribution in [-0.2, 0) is 31.1 Å². The Labute approximate surface area is 166 Å². The molecule has 0 saturated carbocycles. The molecule has 4 heteroatoms. The van der Waals surface area contributed by atoms with E-state index >= 15 is 0 Å². The van der Waals surface area contributed by atoms with Crippen LogP contribution in [0.5, 0.6) is 0 Å². The Morgan fingerprint density at radius 2 is 1.96 bits per heavy atom. The Bertz CT molecular complexity index is 1030. The monoisotopic (exact) mass is 376 g/mol. The third kappa shape index (κ3) is 3.57. The minimum absolute atomic E-state index is 0.662. The highest BCUT2D eigenvalue weighted by molar-refractivity contribution is 6.12. The van der Waals surface area contributed by atoms with Crippen LogP contribution in [-0.4, -0.2) is 21.7 Å². The van der Waals surface area contributed by atoms with Gasteiger partial charge >= 0.3 is 0 Å². The summed E-state index contributed by atoms with van der Waals surface area (Å²) in [5.74, 6) is 0. The Morgan fingerprint density at radius 1 is 1.18 bits per heavy atom. The van der Waals surface area contributed by atoms with Crippen molar-refractivity contribution in [2.24, 2.45) is 12.2 Å². The number of rotatable bonds is 5. The third-order valence-corrected chi connectivity index (χ3v) is 5.71. The molecule has 0 spiro atoms. The van der Waals surface area contributed by atoms with Gasteiger partial charge in [0.15, 0.2) is 0 Å². The molecule has 2 aromatic carbocycles. The maximum Gasteiger partial charge on any atom is 0.221 e. The summed E-state index contributed by atoms with van der Waals surface area (Å²) >= 11 is 0. The molecule has 0 aliphatic heterocycles. The van der Waals surface area contributed by atoms with Crippen LogP contribution in [0.3, 0.4) is 0 Å². The summed E-state index contributed by atoms with van der Waals surface area (Å²) in [4.78, 5) is 5.28. The van der Waals surface area contributed by atoms with Crippen LogP contribution in [0, 0.1) is 6.92 Å². The average Bonchev–Trinajstić information content (AvgIpc) is 3.03. The highest BCUT2D eigenvalue weighted by Crippen LogP contribution is 2.32. The third-order valence-electron chi connectivity index (χ3n) is 5.71. The van der Waals surface area contributed by atoms with Gasteiger partial charge in [-0.2, -0.15) is 0 Å². The van der Waals surface area contributed by atoms with Crippen molar-refractivity contribution in [2.45, 2.75) is 52.2 Å². The number of hydrogen-bond acceptors (Lipinski definition) is 3. The zero-order chi connectivity index (χ0) is 19.7. The number of aromatic nitrogens is 1. The fourth-order valence-electron chi connectivity index (χ4n) is 4.29. The van der Waals surface area contributed by atoms with Crippen molar-refractivity contribution in [1.29, 1.82) is 0 Å². The molecule has 4 rings (SSSR count). The summed E-state index contributed by atoms with van der Waals surface area (Å²) in [5, 5.41) is 15.2. The van der Waals surface area contributed by atoms with E-state index in [2.05, 4.69) is 60.2 Å². The number of aliphatic hydroxyl groups excluding tert-OH is 1. The number of benzene rings is 2. The Morgan fingerprint density at radius 3 is 2.75 bits per heavy atom. The summed E-state index contributed by atoms with van der Waals surface area (Å²) in [6.07, 6.45) is 6.71. The summed E-state index contributed by atoms with van der Waals surface area (Å²) in [6, 6.07) is 12.8. The normalized spacial score (nSPS) is 15.5. The summed E-state index contributed by atoms with van der Waals surface area (Å²) in [5.41, 5.74) is 8.62. The standard InChI is InChI=1S/C24H28N2O2/c1-16-8-4-5-10-19(16)14-23(25-28-17(2)27)22-15-26(3)24-20-11-7-6-9-18(20)12-13-21(22)24/h4-5,8,10,12-13,15,17,27H,6-7,9,11,14H2,1-3H3/b25-23+. The topological polar surface area (TPSA) is 46.8 Å². The lowest BCUT2D eigenvalue weighted by Crippen LogP contribution is -2.10. The van der Waals surface area contributed by atoms with Gasteiger partial charge in [-0.25, -0.2) is 0 Å². The fourth-order valence-corrected chi connectivity index (χ4v) is 4.29. The van der Waals surface area contributed by atoms with Gasteiger partial charge in [0.25, 0.3) is 0 Å². The molecule has 3 aromatic rings. The minimum Gasteiger partial charge on any atom is -0.364 e. The molecule has 0 amide bonds. The number of aliphatic hydroxyl groups is 1. The van der Waals surface area contributed by atoms with Gasteiger partial charge in [0.2, 0.25) is 6.29 Å². The van der Waals surface area contributed by atoms with E-state index in [1.165, 1.54) is 52.4 Å². The Hall–Kier alpha value is -2.59. The molecule has 1 atom stereocenters. The molecule has 0 bridgehead atoms. The van der Waals surface area contributed by atoms with E-state index in [1.807, 2.05) is 6.07 Å². The first-order valence-electron chi connectivity index (χ1n) is 10.1. The van der Waals surface area contributed by atoms with Gasteiger partial charge < -0.3 is 14.5 Å². The van der Waals surface area contributed by atoms with Crippen molar-refractivity contribution in [3.8, 4) is 0 Å². The highest BCUT2D eigenvalue weighted by Gasteiger charge is 2.20. The zero-order valence-electron chi connectivity index (χ0n) is 16.9. The molecule has 146 valence electrons. The van der Waals surface area contributed by atoms with Gasteiger partial charge in [-0.1, -0.05) is 41.6 Å². The first-order valence-corrected chi connectivity index (χ1v) is 10.1. The second-order valence-corrected chi connectivity index (χ2v) is 7.81. The molecular formula is C24H28N2O2. The van der Waals surface area contributed by atoms with E-state index in [0.29, 0.717) is 6.42 Å². The molecule has 0 radical (unpaired) electrons. The largest absolute Gasteiger partial charge is 0.364 e. The Kier molecular flexibility index (Phi) is 5.23. The fraction of sp³-hybridized carbons (Fsp3) is 0.375. The molecule has 1 unspecified atom stereocenters. The molecule has 28 heavy (non-hydrogen) atoms. The van der Waals surface area contributed by atoms with Crippen LogP contribution in [0.1, 0.15) is 47.6 Å². The van der Waals surface area contributed by atoms with Crippen molar-refractivity contribution >= 4 is 16.6 Å². The van der Waals surface area contributed by atoms with Gasteiger partial charge in [0.1, 0.15) is 0 Å². The second kappa shape index (κ2) is 7.80. The highest BCUT2D eigenvalue weighted by atomic mass is 16.7.